The van der Waals surface area contributed by atoms with Gasteiger partial charge < -0.3 is 13.8 Å². The Morgan fingerprint density at radius 1 is 1.03 bits per heavy atom. The van der Waals surface area contributed by atoms with Crippen molar-refractivity contribution in [1.29, 1.82) is 0 Å². The molecule has 5 rings (SSSR count). The van der Waals surface area contributed by atoms with Crippen molar-refractivity contribution in [3.05, 3.63) is 82.8 Å². The number of amides is 1. The second-order valence-electron chi connectivity index (χ2n) is 8.40. The summed E-state index contributed by atoms with van der Waals surface area (Å²) < 4.78 is 11.3. The lowest BCUT2D eigenvalue weighted by molar-refractivity contribution is 0.0674. The average Bonchev–Trinajstić information content (AvgIpc) is 3.49. The Morgan fingerprint density at radius 3 is 2.49 bits per heavy atom. The number of benzene rings is 2. The van der Waals surface area contributed by atoms with E-state index in [-0.39, 0.29) is 18.5 Å². The number of nitrogens with zero attached hydrogens (tertiary/aromatic N) is 5. The van der Waals surface area contributed by atoms with E-state index in [1.54, 1.807) is 42.2 Å². The summed E-state index contributed by atoms with van der Waals surface area (Å²) in [4.78, 5) is 20.1. The molecule has 9 heteroatoms. The van der Waals surface area contributed by atoms with Gasteiger partial charge in [-0.25, -0.2) is 4.98 Å². The molecule has 8 nitrogen and oxygen atoms in total. The Morgan fingerprint density at radius 2 is 1.77 bits per heavy atom. The van der Waals surface area contributed by atoms with E-state index in [2.05, 4.69) is 20.3 Å². The molecule has 35 heavy (non-hydrogen) atoms. The summed E-state index contributed by atoms with van der Waals surface area (Å²) in [6.45, 7) is 5.81. The highest BCUT2D eigenvalue weighted by Gasteiger charge is 2.27. The number of aromatic nitrogens is 4. The highest BCUT2D eigenvalue weighted by atomic mass is 35.5. The number of rotatable bonds is 6. The fraction of sp³-hybridized carbons (Fsp3) is 0.192. The van der Waals surface area contributed by atoms with Crippen LogP contribution in [0.4, 0.5) is 0 Å². The molecule has 0 N–H and O–H groups in total. The number of aryl methyl sites for hydroxylation is 1. The zero-order valence-corrected chi connectivity index (χ0v) is 20.2. The van der Waals surface area contributed by atoms with Crippen LogP contribution in [0.3, 0.4) is 0 Å². The molecule has 0 saturated carbocycles. The molecular weight excluding hydrogens is 466 g/mol. The Bertz CT molecular complexity index is 1490. The lowest BCUT2D eigenvalue weighted by Gasteiger charge is -2.25. The molecule has 0 aliphatic carbocycles. The summed E-state index contributed by atoms with van der Waals surface area (Å²) in [6.07, 6.45) is 0. The van der Waals surface area contributed by atoms with Gasteiger partial charge in [-0.05, 0) is 51.1 Å². The molecule has 0 saturated heterocycles. The standard InChI is InChI=1S/C26H22ClN5O3/c1-15(2)32(14-22-29-30-24(34-22)18-9-11-19(27)12-10-18)26(33)20-13-21(17-7-5-4-6-8-17)28-25-23(20)16(3)31-35-25/h4-13,15H,14H2,1-3H3. The molecular formula is C26H22ClN5O3. The van der Waals surface area contributed by atoms with Gasteiger partial charge >= 0.3 is 0 Å². The maximum atomic E-state index is 13.9. The topological polar surface area (TPSA) is 98.2 Å². The smallest absolute Gasteiger partial charge is 0.259 e. The maximum absolute atomic E-state index is 13.9. The van der Waals surface area contributed by atoms with E-state index in [0.717, 1.165) is 11.1 Å². The van der Waals surface area contributed by atoms with Crippen LogP contribution in [0, 0.1) is 6.92 Å². The van der Waals surface area contributed by atoms with E-state index in [1.165, 1.54) is 0 Å². The largest absolute Gasteiger partial charge is 0.419 e. The molecule has 0 bridgehead atoms. The molecule has 0 spiro atoms. The van der Waals surface area contributed by atoms with Crippen molar-refractivity contribution in [2.45, 2.75) is 33.4 Å². The van der Waals surface area contributed by atoms with Crippen LogP contribution in [0.1, 0.15) is 35.8 Å². The first-order valence-corrected chi connectivity index (χ1v) is 11.5. The van der Waals surface area contributed by atoms with Gasteiger partial charge in [0.1, 0.15) is 0 Å². The predicted molar refractivity (Wildman–Crippen MR) is 132 cm³/mol. The van der Waals surface area contributed by atoms with Gasteiger partial charge in [0.2, 0.25) is 11.8 Å². The van der Waals surface area contributed by atoms with E-state index >= 15 is 0 Å². The Labute approximate surface area is 206 Å². The number of hydrogen-bond acceptors (Lipinski definition) is 7. The van der Waals surface area contributed by atoms with Gasteiger partial charge in [-0.15, -0.1) is 10.2 Å². The van der Waals surface area contributed by atoms with Crippen LogP contribution in [-0.2, 0) is 6.54 Å². The van der Waals surface area contributed by atoms with E-state index in [4.69, 9.17) is 20.5 Å². The summed E-state index contributed by atoms with van der Waals surface area (Å²) >= 11 is 5.97. The quantitative estimate of drug-likeness (QED) is 0.291. The summed E-state index contributed by atoms with van der Waals surface area (Å²) in [5.74, 6) is 0.482. The summed E-state index contributed by atoms with van der Waals surface area (Å²) in [6, 6.07) is 18.4. The highest BCUT2D eigenvalue weighted by molar-refractivity contribution is 6.30. The van der Waals surface area contributed by atoms with Gasteiger partial charge in [0.25, 0.3) is 11.6 Å². The molecule has 176 valence electrons. The van der Waals surface area contributed by atoms with Crippen LogP contribution >= 0.6 is 11.6 Å². The second kappa shape index (κ2) is 9.31. The third-order valence-electron chi connectivity index (χ3n) is 5.66. The molecule has 0 aliphatic rings. The van der Waals surface area contributed by atoms with Gasteiger partial charge in [-0.2, -0.15) is 0 Å². The monoisotopic (exact) mass is 487 g/mol. The fourth-order valence-electron chi connectivity index (χ4n) is 3.84. The third kappa shape index (κ3) is 4.52. The molecule has 1 amide bonds. The van der Waals surface area contributed by atoms with Gasteiger partial charge in [-0.3, -0.25) is 4.79 Å². The van der Waals surface area contributed by atoms with E-state index in [1.807, 2.05) is 44.2 Å². The predicted octanol–water partition coefficient (Wildman–Crippen LogP) is 5.95. The summed E-state index contributed by atoms with van der Waals surface area (Å²) in [5.41, 5.74) is 3.63. The lowest BCUT2D eigenvalue weighted by Crippen LogP contribution is -2.36. The molecule has 0 radical (unpaired) electrons. The minimum absolute atomic E-state index is 0.142. The maximum Gasteiger partial charge on any atom is 0.259 e. The van der Waals surface area contributed by atoms with Crippen molar-refractivity contribution < 1.29 is 13.7 Å². The summed E-state index contributed by atoms with van der Waals surface area (Å²) in [7, 11) is 0. The Balaban J connectivity index is 1.51. The summed E-state index contributed by atoms with van der Waals surface area (Å²) in [5, 5.41) is 13.6. The van der Waals surface area contributed by atoms with Gasteiger partial charge in [0.15, 0.2) is 0 Å². The van der Waals surface area contributed by atoms with Crippen molar-refractivity contribution >= 4 is 28.6 Å². The van der Waals surface area contributed by atoms with Gasteiger partial charge in [-0.1, -0.05) is 47.1 Å². The first-order chi connectivity index (χ1) is 16.9. The minimum atomic E-state index is -0.206. The van der Waals surface area contributed by atoms with E-state index < -0.39 is 0 Å². The fourth-order valence-corrected chi connectivity index (χ4v) is 3.96. The number of carbonyl (C=O) groups excluding carboxylic acids is 1. The first kappa shape index (κ1) is 22.7. The van der Waals surface area contributed by atoms with E-state index in [0.29, 0.717) is 44.9 Å². The lowest BCUT2D eigenvalue weighted by atomic mass is 10.0. The number of halogens is 1. The van der Waals surface area contributed by atoms with Crippen molar-refractivity contribution in [1.82, 2.24) is 25.2 Å². The molecule has 0 unspecified atom stereocenters. The van der Waals surface area contributed by atoms with Crippen LogP contribution < -0.4 is 0 Å². The van der Waals surface area contributed by atoms with Gasteiger partial charge in [0, 0.05) is 22.2 Å². The second-order valence-corrected chi connectivity index (χ2v) is 8.84. The highest BCUT2D eigenvalue weighted by Crippen LogP contribution is 2.29. The Kier molecular flexibility index (Phi) is 6.05. The van der Waals surface area contributed by atoms with Crippen LogP contribution in [0.5, 0.6) is 0 Å². The minimum Gasteiger partial charge on any atom is -0.419 e. The number of hydrogen-bond donors (Lipinski definition) is 0. The molecule has 0 aliphatic heterocycles. The van der Waals surface area contributed by atoms with Crippen LogP contribution in [0.25, 0.3) is 33.8 Å². The SMILES string of the molecule is Cc1noc2nc(-c3ccccc3)cc(C(=O)N(Cc3nnc(-c4ccc(Cl)cc4)o3)C(C)C)c12. The third-order valence-corrected chi connectivity index (χ3v) is 5.92. The molecule has 0 fully saturated rings. The van der Waals surface area contributed by atoms with Gasteiger partial charge in [0.05, 0.1) is 28.9 Å². The zero-order valence-electron chi connectivity index (χ0n) is 19.4. The van der Waals surface area contributed by atoms with Crippen molar-refractivity contribution in [2.24, 2.45) is 0 Å². The molecule has 3 aromatic heterocycles. The van der Waals surface area contributed by atoms with Crippen molar-refractivity contribution in [2.75, 3.05) is 0 Å². The van der Waals surface area contributed by atoms with Crippen molar-refractivity contribution in [3.8, 4) is 22.7 Å². The zero-order chi connectivity index (χ0) is 24.5. The van der Waals surface area contributed by atoms with Crippen molar-refractivity contribution in [3.63, 3.8) is 0 Å². The molecule has 5 aromatic rings. The Hall–Kier alpha value is -4.04. The number of carbonyl (C=O) groups is 1. The average molecular weight is 488 g/mol. The molecule has 0 atom stereocenters. The van der Waals surface area contributed by atoms with Crippen LogP contribution in [0.15, 0.2) is 69.6 Å². The number of pyridine rings is 1. The van der Waals surface area contributed by atoms with Crippen LogP contribution in [0.2, 0.25) is 5.02 Å². The number of fused-ring (bicyclic) bond motifs is 1. The first-order valence-electron chi connectivity index (χ1n) is 11.1. The molecule has 3 heterocycles. The molecule has 2 aromatic carbocycles. The normalized spacial score (nSPS) is 11.3. The van der Waals surface area contributed by atoms with Crippen LogP contribution in [-0.4, -0.2) is 37.2 Å². The van der Waals surface area contributed by atoms with E-state index in [9.17, 15) is 4.79 Å².